The number of nitrogens with zero attached hydrogens (tertiary/aromatic N) is 6. The molecule has 0 saturated heterocycles. The lowest BCUT2D eigenvalue weighted by atomic mass is 9.91. The van der Waals surface area contributed by atoms with Gasteiger partial charge >= 0.3 is 0 Å². The molecule has 0 amide bonds. The van der Waals surface area contributed by atoms with Gasteiger partial charge in [0.2, 0.25) is 0 Å². The standard InChI is InChI=1S/2C57H37N3/c1-3-14-38(15-4-1)45-28-29-46(48-21-8-7-20-47(45)48)41-16-13-17-42(34-41)53-37-44(32-33-58-53)60-55-25-12-10-23-50(55)52-36-40(27-31-57(52)60)39-26-30-56-51(35-39)49-22-9-11-24-54(49)59(56)43-18-5-2-6-19-43;1-2-16-46(17-3-1)59-53-22-8-6-19-49(53)51-35-43(28-30-55(51)59)44-29-31-56-52(36-44)50-20-7-9-23-54(50)60(56)57-37-45(32-33-58-57)42-15-10-14-41(34-42)38-24-26-40(27-25-38)48-21-11-13-39-12-4-5-18-47(39)48/h2*1-37H. The summed E-state index contributed by atoms with van der Waals surface area (Å²) in [5, 5.41) is 14.9. The van der Waals surface area contributed by atoms with Crippen molar-refractivity contribution < 1.29 is 0 Å². The molecule has 0 radical (unpaired) electrons. The van der Waals surface area contributed by atoms with Crippen molar-refractivity contribution in [2.24, 2.45) is 0 Å². The molecule has 560 valence electrons. The monoisotopic (exact) mass is 1530 g/mol. The Morgan fingerprint density at radius 2 is 0.475 bits per heavy atom. The molecule has 120 heavy (non-hydrogen) atoms. The van der Waals surface area contributed by atoms with Gasteiger partial charge in [-0.2, -0.15) is 0 Å². The van der Waals surface area contributed by atoms with Crippen LogP contribution in [0.4, 0.5) is 0 Å². The number of pyridine rings is 2. The third kappa shape index (κ3) is 12.0. The summed E-state index contributed by atoms with van der Waals surface area (Å²) in [7, 11) is 0. The fourth-order valence-electron chi connectivity index (χ4n) is 18.7. The number of hydrogen-bond acceptors (Lipinski definition) is 2. The van der Waals surface area contributed by atoms with Crippen LogP contribution in [0.3, 0.4) is 0 Å². The molecule has 24 aromatic rings. The highest BCUT2D eigenvalue weighted by Crippen LogP contribution is 2.44. The Hall–Kier alpha value is -16.0. The summed E-state index contributed by atoms with van der Waals surface area (Å²) in [5.41, 5.74) is 31.6. The summed E-state index contributed by atoms with van der Waals surface area (Å²) in [6, 6.07) is 158. The molecule has 18 aromatic carbocycles. The van der Waals surface area contributed by atoms with Crippen molar-refractivity contribution in [2.45, 2.75) is 0 Å². The maximum Gasteiger partial charge on any atom is 0.138 e. The summed E-state index contributed by atoms with van der Waals surface area (Å²) < 4.78 is 9.43. The Bertz CT molecular complexity index is 8140. The van der Waals surface area contributed by atoms with E-state index in [1.807, 2.05) is 12.4 Å². The summed E-state index contributed by atoms with van der Waals surface area (Å²) in [6.45, 7) is 0. The predicted octanol–water partition coefficient (Wildman–Crippen LogP) is 30.2. The molecule has 6 heteroatoms. The molecule has 6 heterocycles. The fourth-order valence-corrected chi connectivity index (χ4v) is 18.7. The zero-order chi connectivity index (χ0) is 79.1. The summed E-state index contributed by atoms with van der Waals surface area (Å²) in [6.07, 6.45) is 3.88. The molecular formula is C114H74N6. The smallest absolute Gasteiger partial charge is 0.138 e. The zero-order valence-corrected chi connectivity index (χ0v) is 65.4. The largest absolute Gasteiger partial charge is 0.309 e. The van der Waals surface area contributed by atoms with Crippen molar-refractivity contribution in [1.82, 2.24) is 28.2 Å². The molecule has 24 rings (SSSR count). The van der Waals surface area contributed by atoms with Crippen molar-refractivity contribution in [2.75, 3.05) is 0 Å². The van der Waals surface area contributed by atoms with Crippen LogP contribution in [-0.2, 0) is 0 Å². The first kappa shape index (κ1) is 69.5. The van der Waals surface area contributed by atoms with E-state index >= 15 is 0 Å². The average molecular weight is 1530 g/mol. The van der Waals surface area contributed by atoms with Crippen molar-refractivity contribution in [1.29, 1.82) is 0 Å². The van der Waals surface area contributed by atoms with Gasteiger partial charge in [-0.3, -0.25) is 9.55 Å². The Morgan fingerprint density at radius 3 is 1.01 bits per heavy atom. The minimum atomic E-state index is 0.895. The highest BCUT2D eigenvalue weighted by molar-refractivity contribution is 6.16. The van der Waals surface area contributed by atoms with Crippen LogP contribution in [0.2, 0.25) is 0 Å². The van der Waals surface area contributed by atoms with Crippen LogP contribution in [0, 0.1) is 0 Å². The molecule has 0 aliphatic rings. The lowest BCUT2D eigenvalue weighted by Gasteiger charge is -2.13. The Labute approximate surface area is 693 Å². The quantitative estimate of drug-likeness (QED) is 0.122. The van der Waals surface area contributed by atoms with Gasteiger partial charge in [0.25, 0.3) is 0 Å². The maximum absolute atomic E-state index is 4.98. The number of aromatic nitrogens is 6. The second-order valence-corrected chi connectivity index (χ2v) is 31.1. The summed E-state index contributed by atoms with van der Waals surface area (Å²) in [4.78, 5) is 9.92. The lowest BCUT2D eigenvalue weighted by Crippen LogP contribution is -1.97. The van der Waals surface area contributed by atoms with Gasteiger partial charge in [-0.25, -0.2) is 4.98 Å². The van der Waals surface area contributed by atoms with Gasteiger partial charge in [-0.15, -0.1) is 0 Å². The summed E-state index contributed by atoms with van der Waals surface area (Å²) in [5.74, 6) is 0.895. The van der Waals surface area contributed by atoms with Crippen molar-refractivity contribution >= 4 is 109 Å². The van der Waals surface area contributed by atoms with E-state index in [1.165, 1.54) is 170 Å². The minimum absolute atomic E-state index is 0.895. The molecule has 0 N–H and O–H groups in total. The highest BCUT2D eigenvalue weighted by Gasteiger charge is 2.22. The third-order valence-corrected chi connectivity index (χ3v) is 24.4. The predicted molar refractivity (Wildman–Crippen MR) is 504 cm³/mol. The third-order valence-electron chi connectivity index (χ3n) is 24.4. The molecule has 6 nitrogen and oxygen atoms in total. The highest BCUT2D eigenvalue weighted by atomic mass is 15.1. The van der Waals surface area contributed by atoms with Crippen molar-refractivity contribution in [3.8, 4) is 112 Å². The van der Waals surface area contributed by atoms with Crippen LogP contribution in [0.15, 0.2) is 449 Å². The molecule has 0 aliphatic carbocycles. The molecule has 0 atom stereocenters. The normalized spacial score (nSPS) is 11.7. The molecule has 0 saturated carbocycles. The van der Waals surface area contributed by atoms with E-state index < -0.39 is 0 Å². The van der Waals surface area contributed by atoms with E-state index in [9.17, 15) is 0 Å². The molecular weight excluding hydrogens is 1450 g/mol. The van der Waals surface area contributed by atoms with Gasteiger partial charge in [-0.1, -0.05) is 303 Å². The lowest BCUT2D eigenvalue weighted by molar-refractivity contribution is 1.08. The molecule has 0 unspecified atom stereocenters. The zero-order valence-electron chi connectivity index (χ0n) is 65.4. The number of benzene rings is 18. The topological polar surface area (TPSA) is 45.5 Å². The Morgan fingerprint density at radius 1 is 0.150 bits per heavy atom. The molecule has 6 aromatic heterocycles. The second kappa shape index (κ2) is 29.1. The number of rotatable bonds is 12. The molecule has 0 bridgehead atoms. The number of fused-ring (bicyclic) bond motifs is 14. The van der Waals surface area contributed by atoms with Crippen LogP contribution < -0.4 is 0 Å². The maximum atomic E-state index is 4.98. The minimum Gasteiger partial charge on any atom is -0.309 e. The van der Waals surface area contributed by atoms with Gasteiger partial charge in [-0.05, 0) is 233 Å². The number of para-hydroxylation sites is 6. The van der Waals surface area contributed by atoms with E-state index in [-0.39, 0.29) is 0 Å². The molecule has 0 aliphatic heterocycles. The summed E-state index contributed by atoms with van der Waals surface area (Å²) >= 11 is 0. The van der Waals surface area contributed by atoms with Crippen LogP contribution in [0.1, 0.15) is 0 Å². The fraction of sp³-hybridized carbons (Fsp3) is 0. The second-order valence-electron chi connectivity index (χ2n) is 31.1. The first-order valence-corrected chi connectivity index (χ1v) is 41.1. The first-order chi connectivity index (χ1) is 59.5. The van der Waals surface area contributed by atoms with Crippen LogP contribution >= 0.6 is 0 Å². The van der Waals surface area contributed by atoms with Gasteiger partial charge < -0.3 is 13.7 Å². The van der Waals surface area contributed by atoms with Gasteiger partial charge in [0, 0.05) is 78.1 Å². The van der Waals surface area contributed by atoms with Crippen LogP contribution in [-0.4, -0.2) is 28.2 Å². The average Bonchev–Trinajstić information content (AvgIpc) is 1.59. The molecule has 0 spiro atoms. The van der Waals surface area contributed by atoms with E-state index in [1.54, 1.807) is 0 Å². The SMILES string of the molecule is c1ccc(-c2ccc(-c3cccc(-c4cc(-n5c6ccccc6c6cc(-c7ccc8c(c7)c7ccccc7n8-c7ccccc7)ccc65)ccn4)c3)c3ccccc23)cc1.c1ccc(-n2c3ccccc3c3cc(-c4ccc5c(c4)c4ccccc4n5-c4cc(-c5cccc(-c6ccc(-c7cccc8ccccc78)cc6)c5)ccn4)ccc32)cc1. The molecule has 0 fully saturated rings. The van der Waals surface area contributed by atoms with Gasteiger partial charge in [0.1, 0.15) is 5.82 Å². The van der Waals surface area contributed by atoms with E-state index in [0.29, 0.717) is 0 Å². The number of hydrogen-bond donors (Lipinski definition) is 0. The van der Waals surface area contributed by atoms with Gasteiger partial charge in [0.15, 0.2) is 0 Å². The Balaban J connectivity index is 0.000000140. The van der Waals surface area contributed by atoms with Crippen LogP contribution in [0.5, 0.6) is 0 Å². The van der Waals surface area contributed by atoms with E-state index in [2.05, 4.69) is 455 Å². The van der Waals surface area contributed by atoms with Crippen molar-refractivity contribution in [3.63, 3.8) is 0 Å². The van der Waals surface area contributed by atoms with Crippen LogP contribution in [0.25, 0.3) is 221 Å². The first-order valence-electron chi connectivity index (χ1n) is 41.1. The van der Waals surface area contributed by atoms with E-state index in [0.717, 1.165) is 50.4 Å². The Kier molecular flexibility index (Phi) is 16.8. The van der Waals surface area contributed by atoms with E-state index in [4.69, 9.17) is 9.97 Å². The van der Waals surface area contributed by atoms with Gasteiger partial charge in [0.05, 0.1) is 49.8 Å². The van der Waals surface area contributed by atoms with Crippen molar-refractivity contribution in [3.05, 3.63) is 449 Å².